The van der Waals surface area contributed by atoms with Crippen molar-refractivity contribution < 1.29 is 28.3 Å². The lowest BCUT2D eigenvalue weighted by Gasteiger charge is -2.40. The highest BCUT2D eigenvalue weighted by atomic mass is 28.4. The normalized spacial score (nSPS) is 18.2. The maximum atomic E-state index is 13.7. The van der Waals surface area contributed by atoms with Gasteiger partial charge in [-0.05, 0) is 61.7 Å². The number of hydrogen-bond donors (Lipinski definition) is 1. The number of carbonyl (C=O) groups is 4. The smallest absolute Gasteiger partial charge is 0.329 e. The molecule has 1 aromatic rings. The number of benzene rings is 1. The number of hydrogen-bond acceptors (Lipinski definition) is 6. The van der Waals surface area contributed by atoms with Crippen LogP contribution in [-0.4, -0.2) is 61.5 Å². The van der Waals surface area contributed by atoms with E-state index in [1.165, 1.54) is 4.90 Å². The molecule has 2 rings (SSSR count). The van der Waals surface area contributed by atoms with E-state index < -0.39 is 44.3 Å². The standard InChI is InChI=1S/C32H52N2O6Si/c1-21(2)19-25(30(37)34-18-14-17-26(34)31(38)39-20-24-15-12-11-13-16-24)33-29(36)23(5)27(35)28(22(3)4)40-41(9,10)32(6,7)8/h11-13,15-16,21-23,25-26,28H,14,17-20H2,1-10H3,(H,33,36)/t23?,25-,26-,28-/m0/s1. The number of ether oxygens (including phenoxy) is 1. The summed E-state index contributed by atoms with van der Waals surface area (Å²) in [5.74, 6) is -2.52. The van der Waals surface area contributed by atoms with Gasteiger partial charge < -0.3 is 19.4 Å². The third kappa shape index (κ3) is 9.50. The molecule has 1 N–H and O–H groups in total. The van der Waals surface area contributed by atoms with E-state index in [4.69, 9.17) is 9.16 Å². The van der Waals surface area contributed by atoms with Gasteiger partial charge in [-0.15, -0.1) is 0 Å². The van der Waals surface area contributed by atoms with Crippen LogP contribution in [-0.2, 0) is 34.9 Å². The van der Waals surface area contributed by atoms with Crippen LogP contribution in [0.15, 0.2) is 30.3 Å². The van der Waals surface area contributed by atoms with Gasteiger partial charge in [-0.1, -0.05) is 78.8 Å². The van der Waals surface area contributed by atoms with E-state index >= 15 is 0 Å². The fraction of sp³-hybridized carbons (Fsp3) is 0.688. The maximum Gasteiger partial charge on any atom is 0.329 e. The molecule has 1 fully saturated rings. The van der Waals surface area contributed by atoms with Crippen molar-refractivity contribution in [3.05, 3.63) is 35.9 Å². The lowest BCUT2D eigenvalue weighted by Crippen LogP contribution is -2.55. The van der Waals surface area contributed by atoms with Crippen LogP contribution in [0.25, 0.3) is 0 Å². The Balaban J connectivity index is 2.15. The Labute approximate surface area is 248 Å². The number of nitrogens with one attached hydrogen (secondary N) is 1. The molecule has 0 bridgehead atoms. The van der Waals surface area contributed by atoms with Crippen LogP contribution in [0.3, 0.4) is 0 Å². The van der Waals surface area contributed by atoms with Crippen LogP contribution in [0.5, 0.6) is 0 Å². The van der Waals surface area contributed by atoms with Gasteiger partial charge in [0.05, 0.1) is 5.92 Å². The van der Waals surface area contributed by atoms with Crippen LogP contribution in [0, 0.1) is 17.8 Å². The number of ketones is 1. The second-order valence-electron chi connectivity index (χ2n) is 13.6. The summed E-state index contributed by atoms with van der Waals surface area (Å²) in [4.78, 5) is 55.2. The Morgan fingerprint density at radius 2 is 1.63 bits per heavy atom. The number of rotatable bonds is 13. The van der Waals surface area contributed by atoms with Crippen LogP contribution >= 0.6 is 0 Å². The molecule has 1 unspecified atom stereocenters. The van der Waals surface area contributed by atoms with Gasteiger partial charge in [0.15, 0.2) is 14.1 Å². The third-order valence-electron chi connectivity index (χ3n) is 8.29. The average molecular weight is 589 g/mol. The molecule has 1 saturated heterocycles. The van der Waals surface area contributed by atoms with E-state index in [2.05, 4.69) is 39.2 Å². The first-order valence-corrected chi connectivity index (χ1v) is 17.9. The maximum absolute atomic E-state index is 13.7. The number of carbonyl (C=O) groups excluding carboxylic acids is 4. The van der Waals surface area contributed by atoms with Crippen molar-refractivity contribution in [2.75, 3.05) is 6.54 Å². The van der Waals surface area contributed by atoms with E-state index in [9.17, 15) is 19.2 Å². The van der Waals surface area contributed by atoms with Crippen LogP contribution < -0.4 is 5.32 Å². The number of esters is 1. The fourth-order valence-electron chi connectivity index (χ4n) is 4.68. The quantitative estimate of drug-likeness (QED) is 0.185. The molecule has 1 aliphatic heterocycles. The molecule has 0 spiro atoms. The zero-order valence-electron chi connectivity index (χ0n) is 26.8. The van der Waals surface area contributed by atoms with Crippen molar-refractivity contribution in [1.82, 2.24) is 10.2 Å². The van der Waals surface area contributed by atoms with E-state index in [1.807, 2.05) is 58.0 Å². The topological polar surface area (TPSA) is 102 Å². The molecule has 9 heteroatoms. The van der Waals surface area contributed by atoms with Gasteiger partial charge in [0, 0.05) is 6.54 Å². The van der Waals surface area contributed by atoms with Gasteiger partial charge in [0.25, 0.3) is 0 Å². The lowest BCUT2D eigenvalue weighted by molar-refractivity contribution is -0.155. The van der Waals surface area contributed by atoms with Gasteiger partial charge >= 0.3 is 5.97 Å². The lowest BCUT2D eigenvalue weighted by atomic mass is 9.93. The van der Waals surface area contributed by atoms with E-state index in [0.717, 1.165) is 5.56 Å². The molecule has 0 saturated carbocycles. The molecular formula is C32H52N2O6Si. The minimum absolute atomic E-state index is 0.0881. The Bertz CT molecular complexity index is 1050. The molecule has 1 heterocycles. The van der Waals surface area contributed by atoms with E-state index in [1.54, 1.807) is 6.92 Å². The molecular weight excluding hydrogens is 536 g/mol. The first-order chi connectivity index (χ1) is 19.0. The predicted molar refractivity (Wildman–Crippen MR) is 163 cm³/mol. The van der Waals surface area contributed by atoms with Crippen LogP contribution in [0.2, 0.25) is 18.1 Å². The number of likely N-dealkylation sites (tertiary alicyclic amines) is 1. The van der Waals surface area contributed by atoms with Gasteiger partial charge in [-0.3, -0.25) is 14.4 Å². The minimum atomic E-state index is -2.27. The second kappa shape index (κ2) is 14.6. The van der Waals surface area contributed by atoms with Crippen LogP contribution in [0.1, 0.15) is 80.2 Å². The van der Waals surface area contributed by atoms with Crippen molar-refractivity contribution in [1.29, 1.82) is 0 Å². The first-order valence-electron chi connectivity index (χ1n) is 15.0. The van der Waals surface area contributed by atoms with Crippen molar-refractivity contribution >= 4 is 31.9 Å². The van der Waals surface area contributed by atoms with Crippen molar-refractivity contribution in [3.8, 4) is 0 Å². The summed E-state index contributed by atoms with van der Waals surface area (Å²) in [6, 6.07) is 7.86. The van der Waals surface area contributed by atoms with Gasteiger partial charge in [0.2, 0.25) is 11.8 Å². The summed E-state index contributed by atoms with van der Waals surface area (Å²) in [5.41, 5.74) is 0.873. The molecule has 0 radical (unpaired) electrons. The number of nitrogens with zero attached hydrogens (tertiary/aromatic N) is 1. The largest absolute Gasteiger partial charge is 0.459 e. The summed E-state index contributed by atoms with van der Waals surface area (Å²) < 4.78 is 12.0. The first kappa shape index (κ1) is 34.7. The Morgan fingerprint density at radius 3 is 2.17 bits per heavy atom. The highest BCUT2D eigenvalue weighted by Gasteiger charge is 2.44. The van der Waals surface area contributed by atoms with Crippen LogP contribution in [0.4, 0.5) is 0 Å². The van der Waals surface area contributed by atoms with Gasteiger partial charge in [0.1, 0.15) is 24.8 Å². The molecule has 8 nitrogen and oxygen atoms in total. The van der Waals surface area contributed by atoms with Gasteiger partial charge in [-0.2, -0.15) is 0 Å². The Hall–Kier alpha value is -2.52. The average Bonchev–Trinajstić information content (AvgIpc) is 3.38. The molecule has 2 amide bonds. The summed E-state index contributed by atoms with van der Waals surface area (Å²) in [6.07, 6.45) is 0.868. The summed E-state index contributed by atoms with van der Waals surface area (Å²) >= 11 is 0. The second-order valence-corrected chi connectivity index (χ2v) is 18.4. The monoisotopic (exact) mass is 588 g/mol. The molecule has 1 aromatic carbocycles. The summed E-state index contributed by atoms with van der Waals surface area (Å²) in [7, 11) is -2.27. The fourth-order valence-corrected chi connectivity index (χ4v) is 6.06. The molecule has 0 aromatic heterocycles. The molecule has 230 valence electrons. The number of amides is 2. The number of Topliss-reactive ketones (excluding diaryl/α,β-unsaturated/α-hetero) is 1. The SMILES string of the molecule is CC(C)C[C@H](NC(=O)C(C)C(=O)[C@@H](O[Si](C)(C)C(C)(C)C)C(C)C)C(=O)N1CCC[C@H]1C(=O)OCc1ccccc1. The summed E-state index contributed by atoms with van der Waals surface area (Å²) in [6.45, 7) is 20.5. The molecule has 4 atom stereocenters. The zero-order valence-corrected chi connectivity index (χ0v) is 27.8. The highest BCUT2D eigenvalue weighted by Crippen LogP contribution is 2.38. The Kier molecular flexibility index (Phi) is 12.3. The predicted octanol–water partition coefficient (Wildman–Crippen LogP) is 5.50. The molecule has 41 heavy (non-hydrogen) atoms. The van der Waals surface area contributed by atoms with Crippen molar-refractivity contribution in [2.24, 2.45) is 17.8 Å². The summed E-state index contributed by atoms with van der Waals surface area (Å²) in [5, 5.41) is 2.77. The highest BCUT2D eigenvalue weighted by molar-refractivity contribution is 6.74. The van der Waals surface area contributed by atoms with Crippen molar-refractivity contribution in [3.63, 3.8) is 0 Å². The van der Waals surface area contributed by atoms with E-state index in [-0.39, 0.29) is 35.2 Å². The van der Waals surface area contributed by atoms with Gasteiger partial charge in [-0.25, -0.2) is 4.79 Å². The molecule has 1 aliphatic rings. The molecule has 0 aliphatic carbocycles. The van der Waals surface area contributed by atoms with Crippen molar-refractivity contribution in [2.45, 2.75) is 118 Å². The minimum Gasteiger partial charge on any atom is -0.459 e. The Morgan fingerprint density at radius 1 is 1.02 bits per heavy atom. The van der Waals surface area contributed by atoms with E-state index in [0.29, 0.717) is 25.8 Å². The third-order valence-corrected chi connectivity index (χ3v) is 12.7. The zero-order chi connectivity index (χ0) is 31.1.